The average molecular weight is 372 g/mol. The molecule has 1 aromatic rings. The van der Waals surface area contributed by atoms with Crippen molar-refractivity contribution in [1.29, 1.82) is 0 Å². The van der Waals surface area contributed by atoms with E-state index in [1.807, 2.05) is 0 Å². The molecule has 132 valence electrons. The lowest BCUT2D eigenvalue weighted by molar-refractivity contribution is 0.190. The van der Waals surface area contributed by atoms with Crippen LogP contribution in [0.15, 0.2) is 29.4 Å². The van der Waals surface area contributed by atoms with E-state index in [-0.39, 0.29) is 5.75 Å². The van der Waals surface area contributed by atoms with Gasteiger partial charge in [0.1, 0.15) is 0 Å². The third-order valence-corrected chi connectivity index (χ3v) is 5.74. The molecule has 1 fully saturated rings. The van der Waals surface area contributed by atoms with Crippen molar-refractivity contribution in [3.05, 3.63) is 45.3 Å². The van der Waals surface area contributed by atoms with Gasteiger partial charge in [0, 0.05) is 29.6 Å². The van der Waals surface area contributed by atoms with Gasteiger partial charge in [0.25, 0.3) is 0 Å². The van der Waals surface area contributed by atoms with E-state index in [0.29, 0.717) is 36.1 Å². The van der Waals surface area contributed by atoms with E-state index in [2.05, 4.69) is 19.6 Å². The normalized spacial score (nSPS) is 16.7. The molecule has 24 heavy (non-hydrogen) atoms. The Morgan fingerprint density at radius 2 is 1.96 bits per heavy atom. The van der Waals surface area contributed by atoms with Crippen LogP contribution in [0.5, 0.6) is 0 Å². The van der Waals surface area contributed by atoms with Gasteiger partial charge in [0.15, 0.2) is 0 Å². The molecule has 0 unspecified atom stereocenters. The van der Waals surface area contributed by atoms with Gasteiger partial charge in [-0.15, -0.1) is 0 Å². The Morgan fingerprint density at radius 1 is 1.29 bits per heavy atom. The van der Waals surface area contributed by atoms with Crippen molar-refractivity contribution < 1.29 is 8.42 Å². The fourth-order valence-electron chi connectivity index (χ4n) is 2.75. The first kappa shape index (κ1) is 19.0. The quantitative estimate of drug-likeness (QED) is 0.432. The van der Waals surface area contributed by atoms with Crippen molar-refractivity contribution >= 4 is 21.6 Å². The van der Waals surface area contributed by atoms with E-state index in [9.17, 15) is 8.42 Å². The predicted octanol–water partition coefficient (Wildman–Crippen LogP) is 2.78. The third kappa shape index (κ3) is 6.67. The van der Waals surface area contributed by atoms with Crippen molar-refractivity contribution in [3.63, 3.8) is 0 Å². The number of nitrogens with zero attached hydrogens (tertiary/aromatic N) is 4. The Bertz CT molecular complexity index is 666. The van der Waals surface area contributed by atoms with Crippen LogP contribution in [0.3, 0.4) is 0 Å². The molecule has 2 rings (SSSR count). The second kappa shape index (κ2) is 9.25. The minimum absolute atomic E-state index is 0.0432. The van der Waals surface area contributed by atoms with Gasteiger partial charge in [-0.3, -0.25) is 0 Å². The van der Waals surface area contributed by atoms with Crippen molar-refractivity contribution in [1.82, 2.24) is 9.62 Å². The second-order valence-electron chi connectivity index (χ2n) is 5.98. The van der Waals surface area contributed by atoms with E-state index in [4.69, 9.17) is 17.1 Å². The molecule has 0 amide bonds. The highest BCUT2D eigenvalue weighted by molar-refractivity contribution is 7.88. The van der Waals surface area contributed by atoms with Crippen LogP contribution in [-0.2, 0) is 15.8 Å². The molecule has 0 aliphatic carbocycles. The number of halogens is 1. The summed E-state index contributed by atoms with van der Waals surface area (Å²) >= 11 is 5.80. The largest absolute Gasteiger partial charge is 0.302 e. The van der Waals surface area contributed by atoms with Crippen LogP contribution < -0.4 is 4.72 Å². The molecule has 1 heterocycles. The molecule has 0 bridgehead atoms. The molecule has 1 aromatic carbocycles. The second-order valence-corrected chi connectivity index (χ2v) is 8.22. The van der Waals surface area contributed by atoms with Crippen LogP contribution in [0.1, 0.15) is 18.4 Å². The van der Waals surface area contributed by atoms with Crippen LogP contribution in [0, 0.1) is 5.92 Å². The Kier molecular flexibility index (Phi) is 7.33. The van der Waals surface area contributed by atoms with Gasteiger partial charge < -0.3 is 4.90 Å². The Labute approximate surface area is 147 Å². The third-order valence-electron chi connectivity index (χ3n) is 4.13. The zero-order valence-electron chi connectivity index (χ0n) is 13.4. The Hall–Kier alpha value is -1.31. The van der Waals surface area contributed by atoms with Crippen LogP contribution in [-0.4, -0.2) is 46.0 Å². The molecule has 1 saturated heterocycles. The van der Waals surface area contributed by atoms with Crippen molar-refractivity contribution in [2.24, 2.45) is 11.0 Å². The summed E-state index contributed by atoms with van der Waals surface area (Å²) in [5, 5.41) is 4.21. The first-order valence-electron chi connectivity index (χ1n) is 7.93. The summed E-state index contributed by atoms with van der Waals surface area (Å²) < 4.78 is 26.8. The van der Waals surface area contributed by atoms with E-state index in [1.54, 1.807) is 24.3 Å². The van der Waals surface area contributed by atoms with Gasteiger partial charge in [-0.25, -0.2) is 13.1 Å². The maximum absolute atomic E-state index is 12.1. The highest BCUT2D eigenvalue weighted by Gasteiger charge is 2.19. The number of sulfonamides is 1. The molecule has 0 spiro atoms. The lowest BCUT2D eigenvalue weighted by Gasteiger charge is -2.31. The molecule has 0 saturated carbocycles. The highest BCUT2D eigenvalue weighted by atomic mass is 35.5. The fourth-order valence-corrected chi connectivity index (χ4v) is 4.02. The molecule has 0 aromatic heterocycles. The number of piperidine rings is 1. The van der Waals surface area contributed by atoms with Crippen molar-refractivity contribution in [2.75, 3.05) is 32.7 Å². The minimum atomic E-state index is -3.35. The molecule has 7 nitrogen and oxygen atoms in total. The standard InChI is InChI=1S/C15H22ClN5O2S/c16-15-3-1-14(2-4-15)12-24(22,23)19-7-10-21-8-5-13(6-9-21)11-18-20-17/h1-4,13,19H,5-12H2. The number of benzene rings is 1. The van der Waals surface area contributed by atoms with Crippen LogP contribution >= 0.6 is 11.6 Å². The molecule has 1 aliphatic rings. The fraction of sp³-hybridized carbons (Fsp3) is 0.600. The number of rotatable bonds is 8. The lowest BCUT2D eigenvalue weighted by atomic mass is 9.97. The van der Waals surface area contributed by atoms with Gasteiger partial charge in [0.05, 0.1) is 5.75 Å². The smallest absolute Gasteiger partial charge is 0.215 e. The summed E-state index contributed by atoms with van der Waals surface area (Å²) in [5.41, 5.74) is 9.05. The first-order chi connectivity index (χ1) is 11.5. The summed E-state index contributed by atoms with van der Waals surface area (Å²) in [6.45, 7) is 3.46. The van der Waals surface area contributed by atoms with Crippen molar-refractivity contribution in [3.8, 4) is 0 Å². The maximum atomic E-state index is 12.1. The molecular formula is C15H22ClN5O2S. The number of likely N-dealkylation sites (tertiary alicyclic amines) is 1. The number of hydrogen-bond acceptors (Lipinski definition) is 4. The average Bonchev–Trinajstić information content (AvgIpc) is 2.56. The zero-order chi connectivity index (χ0) is 17.4. The van der Waals surface area contributed by atoms with E-state index in [0.717, 1.165) is 25.9 Å². The summed E-state index contributed by atoms with van der Waals surface area (Å²) in [6.07, 6.45) is 1.97. The topological polar surface area (TPSA) is 98.2 Å². The molecule has 9 heteroatoms. The van der Waals surface area contributed by atoms with Crippen LogP contribution in [0.2, 0.25) is 5.02 Å². The number of nitrogens with one attached hydrogen (secondary N) is 1. The van der Waals surface area contributed by atoms with Crippen LogP contribution in [0.25, 0.3) is 10.4 Å². The van der Waals surface area contributed by atoms with Crippen molar-refractivity contribution in [2.45, 2.75) is 18.6 Å². The lowest BCUT2D eigenvalue weighted by Crippen LogP contribution is -2.40. The summed E-state index contributed by atoms with van der Waals surface area (Å²) in [6, 6.07) is 6.81. The van der Waals surface area contributed by atoms with Gasteiger partial charge in [-0.05, 0) is 55.1 Å². The monoisotopic (exact) mass is 371 g/mol. The van der Waals surface area contributed by atoms with Crippen LogP contribution in [0.4, 0.5) is 0 Å². The summed E-state index contributed by atoms with van der Waals surface area (Å²) in [5.74, 6) is 0.400. The minimum Gasteiger partial charge on any atom is -0.302 e. The molecule has 0 radical (unpaired) electrons. The maximum Gasteiger partial charge on any atom is 0.215 e. The van der Waals surface area contributed by atoms with Gasteiger partial charge in [-0.1, -0.05) is 28.8 Å². The van der Waals surface area contributed by atoms with Gasteiger partial charge in [0.2, 0.25) is 10.0 Å². The van der Waals surface area contributed by atoms with Gasteiger partial charge >= 0.3 is 0 Å². The molecule has 1 aliphatic heterocycles. The Morgan fingerprint density at radius 3 is 2.58 bits per heavy atom. The zero-order valence-corrected chi connectivity index (χ0v) is 15.0. The Balaban J connectivity index is 1.69. The molecular weight excluding hydrogens is 350 g/mol. The van der Waals surface area contributed by atoms with E-state index >= 15 is 0 Å². The van der Waals surface area contributed by atoms with E-state index < -0.39 is 10.0 Å². The van der Waals surface area contributed by atoms with Gasteiger partial charge in [-0.2, -0.15) is 0 Å². The summed E-state index contributed by atoms with van der Waals surface area (Å²) in [4.78, 5) is 5.03. The molecule has 0 atom stereocenters. The predicted molar refractivity (Wildman–Crippen MR) is 95.3 cm³/mol. The highest BCUT2D eigenvalue weighted by Crippen LogP contribution is 2.17. The van der Waals surface area contributed by atoms with E-state index in [1.165, 1.54) is 0 Å². The first-order valence-corrected chi connectivity index (χ1v) is 9.96. The number of hydrogen-bond donors (Lipinski definition) is 1. The SMILES string of the molecule is [N-]=[N+]=NCC1CCN(CCNS(=O)(=O)Cc2ccc(Cl)cc2)CC1. The number of azide groups is 1. The molecule has 1 N–H and O–H groups in total. The summed E-state index contributed by atoms with van der Waals surface area (Å²) in [7, 11) is -3.35.